The van der Waals surface area contributed by atoms with Crippen LogP contribution < -0.4 is 9.47 Å². The van der Waals surface area contributed by atoms with E-state index in [1.807, 2.05) is 0 Å². The zero-order chi connectivity index (χ0) is 52.5. The number of halogens is 35. The minimum absolute atomic E-state index is 1.33. The molecule has 0 aliphatic heterocycles. The molecule has 0 atom stereocenters. The van der Waals surface area contributed by atoms with Crippen molar-refractivity contribution in [3.63, 3.8) is 0 Å². The van der Waals surface area contributed by atoms with Gasteiger partial charge in [0.1, 0.15) is 0 Å². The molecule has 0 amide bonds. The summed E-state index contributed by atoms with van der Waals surface area (Å²) in [5.74, 6) is -117. The fourth-order valence-corrected chi connectivity index (χ4v) is 4.21. The van der Waals surface area contributed by atoms with Crippen LogP contribution >= 0.6 is 11.6 Å². The predicted octanol–water partition coefficient (Wildman–Crippen LogP) is 12.9. The molecule has 1 heterocycles. The van der Waals surface area contributed by atoms with Gasteiger partial charge in [0.25, 0.3) is 0 Å². The molecule has 1 aromatic heterocycles. The summed E-state index contributed by atoms with van der Waals surface area (Å²) in [6.07, 6.45) is -26.1. The van der Waals surface area contributed by atoms with Crippen LogP contribution in [0.3, 0.4) is 0 Å². The highest BCUT2D eigenvalue weighted by molar-refractivity contribution is 6.28. The molecule has 0 aromatic carbocycles. The summed E-state index contributed by atoms with van der Waals surface area (Å²) in [5.41, 5.74) is 0. The van der Waals surface area contributed by atoms with Crippen LogP contribution in [0.4, 0.5) is 149 Å². The first kappa shape index (κ1) is 59.5. The van der Waals surface area contributed by atoms with Gasteiger partial charge in [-0.2, -0.15) is 159 Å². The summed E-state index contributed by atoms with van der Waals surface area (Å²) in [7, 11) is 0. The fourth-order valence-electron chi connectivity index (χ4n) is 4.07. The number of hydrogen-bond donors (Lipinski definition) is 0. The zero-order valence-corrected chi connectivity index (χ0v) is 29.9. The highest BCUT2D eigenvalue weighted by Crippen LogP contribution is 2.66. The van der Waals surface area contributed by atoms with Crippen LogP contribution in [0.1, 0.15) is 25.7 Å². The van der Waals surface area contributed by atoms with E-state index in [1.165, 1.54) is 0 Å². The Morgan fingerprint density at radius 1 is 0.292 bits per heavy atom. The summed E-state index contributed by atoms with van der Waals surface area (Å²) >= 11 is 5.25. The van der Waals surface area contributed by atoms with Gasteiger partial charge >= 0.3 is 107 Å². The van der Waals surface area contributed by atoms with Gasteiger partial charge in [-0.25, -0.2) is 0 Å². The van der Waals surface area contributed by atoms with Gasteiger partial charge in [0.05, 0.1) is 13.2 Å². The maximum absolute atomic E-state index is 14.1. The SMILES string of the molecule is FC(F)(F)C(F)(F)C(F)(F)C(F)(F)C(F)(F)C(F)(F)C(F)(F)C(F)(F)CCCOc1nc(Cl)nc(OCCCC(F)(F)C(F)(F)C(F)(F)C(F)(F)C(F)(F)C(F)(F)C(F)(F)C(F)(F)F)n1. The Bertz CT molecular complexity index is 1680. The predicted molar refractivity (Wildman–Crippen MR) is 136 cm³/mol. The van der Waals surface area contributed by atoms with Crippen molar-refractivity contribution in [2.45, 2.75) is 121 Å². The van der Waals surface area contributed by atoms with E-state index in [0.29, 0.717) is 0 Å². The van der Waals surface area contributed by atoms with Crippen molar-refractivity contribution in [2.24, 2.45) is 0 Å². The molecule has 0 spiro atoms. The average molecular weight is 1070 g/mol. The number of aromatic nitrogens is 3. The molecule has 1 aromatic rings. The first-order valence-electron chi connectivity index (χ1n) is 15.1. The van der Waals surface area contributed by atoms with Crippen LogP contribution in [0.25, 0.3) is 0 Å². The monoisotopic (exact) mass is 1070 g/mol. The van der Waals surface area contributed by atoms with E-state index in [4.69, 9.17) is 11.6 Å². The maximum Gasteiger partial charge on any atom is 0.460 e. The lowest BCUT2D eigenvalue weighted by molar-refractivity contribution is -0.461. The first-order chi connectivity index (χ1) is 28.1. The number of rotatable bonds is 22. The number of alkyl halides is 34. The molecule has 0 aliphatic rings. The molecule has 0 radical (unpaired) electrons. The van der Waals surface area contributed by atoms with E-state index < -0.39 is 151 Å². The Hall–Kier alpha value is -3.48. The highest BCUT2D eigenvalue weighted by atomic mass is 35.5. The molecular weight excluding hydrogens is 1060 g/mol. The van der Waals surface area contributed by atoms with E-state index >= 15 is 0 Å². The van der Waals surface area contributed by atoms with Gasteiger partial charge in [0.2, 0.25) is 5.28 Å². The van der Waals surface area contributed by atoms with Gasteiger partial charge < -0.3 is 9.47 Å². The van der Waals surface area contributed by atoms with Gasteiger partial charge in [-0.1, -0.05) is 0 Å². The number of hydrogen-bond acceptors (Lipinski definition) is 5. The quantitative estimate of drug-likeness (QED) is 0.0855. The van der Waals surface area contributed by atoms with E-state index in [-0.39, 0.29) is 0 Å². The second-order valence-electron chi connectivity index (χ2n) is 12.4. The van der Waals surface area contributed by atoms with Crippen LogP contribution in [0.15, 0.2) is 0 Å². The molecule has 384 valence electrons. The fraction of sp³-hybridized carbons (Fsp3) is 0.880. The molecule has 0 saturated heterocycles. The largest absolute Gasteiger partial charge is 0.463 e. The van der Waals surface area contributed by atoms with Crippen molar-refractivity contribution in [3.05, 3.63) is 5.28 Å². The highest BCUT2D eigenvalue weighted by Gasteiger charge is 2.96. The molecule has 0 fully saturated rings. The summed E-state index contributed by atoms with van der Waals surface area (Å²) in [5, 5.41) is -1.33. The molecule has 0 saturated carbocycles. The number of nitrogens with zero attached hydrogens (tertiary/aromatic N) is 3. The van der Waals surface area contributed by atoms with Crippen LogP contribution in [-0.4, -0.2) is 123 Å². The van der Waals surface area contributed by atoms with Gasteiger partial charge in [0, 0.05) is 12.8 Å². The molecule has 0 bridgehead atoms. The Morgan fingerprint density at radius 2 is 0.492 bits per heavy atom. The van der Waals surface area contributed by atoms with E-state index in [2.05, 4.69) is 24.4 Å². The van der Waals surface area contributed by atoms with Crippen molar-refractivity contribution < 1.29 is 159 Å². The van der Waals surface area contributed by atoms with Crippen LogP contribution in [0, 0.1) is 0 Å². The lowest BCUT2D eigenvalue weighted by atomic mass is 9.88. The van der Waals surface area contributed by atoms with Crippen LogP contribution in [-0.2, 0) is 0 Å². The van der Waals surface area contributed by atoms with Crippen molar-refractivity contribution in [3.8, 4) is 12.0 Å². The molecule has 0 aliphatic carbocycles. The standard InChI is InChI=1S/C25H12ClF34N3O2/c26-7-61-8(64-5-1-3-10(27,28)12(31,32)14(35,36)16(39,40)18(43,44)20(47,48)22(51,52)24(55,56)57)63-9(62-7)65-6-2-4-11(29,30)13(33,34)15(37,38)17(41,42)19(45,46)21(49,50)23(53,54)25(58,59)60/h1-6H2. The second kappa shape index (κ2) is 16.9. The van der Waals surface area contributed by atoms with Crippen molar-refractivity contribution in [1.29, 1.82) is 0 Å². The summed E-state index contributed by atoms with van der Waals surface area (Å²) in [4.78, 5) is 8.63. The number of ether oxygens (including phenoxy) is 2. The third kappa shape index (κ3) is 9.15. The summed E-state index contributed by atoms with van der Waals surface area (Å²) < 4.78 is 463. The van der Waals surface area contributed by atoms with Gasteiger partial charge in [-0.15, -0.1) is 4.98 Å². The molecule has 0 N–H and O–H groups in total. The molecular formula is C25H12ClF34N3O2. The molecule has 65 heavy (non-hydrogen) atoms. The van der Waals surface area contributed by atoms with E-state index in [9.17, 15) is 149 Å². The Labute approximate surface area is 337 Å². The minimum atomic E-state index is -8.92. The normalized spacial score (nSPS) is 16.0. The molecule has 1 rings (SSSR count). The van der Waals surface area contributed by atoms with Crippen molar-refractivity contribution in [2.75, 3.05) is 13.2 Å². The Kier molecular flexibility index (Phi) is 15.5. The van der Waals surface area contributed by atoms with Crippen LogP contribution in [0.5, 0.6) is 12.0 Å². The van der Waals surface area contributed by atoms with E-state index in [0.717, 1.165) is 0 Å². The lowest BCUT2D eigenvalue weighted by Gasteiger charge is -2.42. The lowest BCUT2D eigenvalue weighted by Crippen LogP contribution is -2.74. The van der Waals surface area contributed by atoms with Gasteiger partial charge in [-0.05, 0) is 24.4 Å². The Balaban J connectivity index is 3.16. The third-order valence-electron chi connectivity index (χ3n) is 7.87. The van der Waals surface area contributed by atoms with E-state index in [1.54, 1.807) is 0 Å². The average Bonchev–Trinajstić information content (AvgIpc) is 3.09. The second-order valence-corrected chi connectivity index (χ2v) is 12.7. The van der Waals surface area contributed by atoms with Gasteiger partial charge in [-0.3, -0.25) is 0 Å². The Morgan fingerprint density at radius 3 is 0.708 bits per heavy atom. The third-order valence-corrected chi connectivity index (χ3v) is 8.04. The molecule has 0 unspecified atom stereocenters. The van der Waals surface area contributed by atoms with Gasteiger partial charge in [0.15, 0.2) is 0 Å². The minimum Gasteiger partial charge on any atom is -0.463 e. The van der Waals surface area contributed by atoms with Crippen LogP contribution in [0.2, 0.25) is 5.28 Å². The van der Waals surface area contributed by atoms with Crippen molar-refractivity contribution >= 4 is 11.6 Å². The summed E-state index contributed by atoms with van der Waals surface area (Å²) in [6.45, 7) is -3.53. The first-order valence-corrected chi connectivity index (χ1v) is 15.5. The summed E-state index contributed by atoms with van der Waals surface area (Å²) in [6, 6.07) is -3.07. The topological polar surface area (TPSA) is 57.1 Å². The van der Waals surface area contributed by atoms with Crippen molar-refractivity contribution in [1.82, 2.24) is 15.0 Å². The smallest absolute Gasteiger partial charge is 0.460 e. The molecule has 5 nitrogen and oxygen atoms in total. The molecule has 40 heteroatoms. The maximum atomic E-state index is 14.1. The zero-order valence-electron chi connectivity index (χ0n) is 29.1.